The van der Waals surface area contributed by atoms with E-state index in [-0.39, 0.29) is 12.1 Å². The van der Waals surface area contributed by atoms with Crippen molar-refractivity contribution in [2.75, 3.05) is 13.1 Å². The second kappa shape index (κ2) is 8.22. The number of hydrogen-bond donors (Lipinski definition) is 2. The fourth-order valence-electron chi connectivity index (χ4n) is 1.67. The van der Waals surface area contributed by atoms with Gasteiger partial charge < -0.3 is 15.4 Å². The molecule has 1 amide bonds. The fourth-order valence-corrected chi connectivity index (χ4v) is 3.32. The van der Waals surface area contributed by atoms with E-state index in [1.165, 1.54) is 11.3 Å². The van der Waals surface area contributed by atoms with Gasteiger partial charge in [-0.2, -0.15) is 0 Å². The van der Waals surface area contributed by atoms with Gasteiger partial charge in [-0.3, -0.25) is 0 Å². The van der Waals surface area contributed by atoms with Crippen molar-refractivity contribution >= 4 is 40.6 Å². The summed E-state index contributed by atoms with van der Waals surface area (Å²) in [6.07, 6.45) is 0.419. The van der Waals surface area contributed by atoms with Crippen LogP contribution in [-0.4, -0.2) is 24.8 Å². The number of hydrogen-bond acceptors (Lipinski definition) is 4. The quantitative estimate of drug-likeness (QED) is 0.734. The van der Waals surface area contributed by atoms with Gasteiger partial charge in [0, 0.05) is 12.6 Å². The molecule has 1 heterocycles. The van der Waals surface area contributed by atoms with Gasteiger partial charge in [-0.15, -0.1) is 11.3 Å². The van der Waals surface area contributed by atoms with Crippen molar-refractivity contribution in [3.63, 3.8) is 0 Å². The van der Waals surface area contributed by atoms with E-state index in [0.29, 0.717) is 15.2 Å². The minimum Gasteiger partial charge on any atom is -0.444 e. The van der Waals surface area contributed by atoms with Crippen molar-refractivity contribution in [1.29, 1.82) is 0 Å². The van der Waals surface area contributed by atoms with E-state index in [1.807, 2.05) is 33.8 Å². The van der Waals surface area contributed by atoms with Crippen LogP contribution < -0.4 is 10.6 Å². The largest absolute Gasteiger partial charge is 0.444 e. The molecule has 1 aromatic heterocycles. The second-order valence-electron chi connectivity index (χ2n) is 5.74. The molecule has 1 rings (SSSR count). The Hall–Kier alpha value is -0.490. The second-order valence-corrected chi connectivity index (χ2v) is 8.02. The van der Waals surface area contributed by atoms with Crippen LogP contribution in [0.3, 0.4) is 0 Å². The van der Waals surface area contributed by atoms with Gasteiger partial charge in [0.25, 0.3) is 0 Å². The zero-order chi connectivity index (χ0) is 16.0. The Bertz CT molecular complexity index is 472. The number of nitrogens with one attached hydrogen (secondary N) is 2. The van der Waals surface area contributed by atoms with Crippen molar-refractivity contribution in [3.05, 3.63) is 20.3 Å². The molecule has 0 saturated carbocycles. The lowest BCUT2D eigenvalue weighted by molar-refractivity contribution is 0.0527. The molecule has 7 heteroatoms. The third-order valence-electron chi connectivity index (χ3n) is 2.62. The van der Waals surface area contributed by atoms with E-state index in [4.69, 9.17) is 27.9 Å². The van der Waals surface area contributed by atoms with Gasteiger partial charge in [0.1, 0.15) is 5.60 Å². The molecule has 0 aliphatic carbocycles. The van der Waals surface area contributed by atoms with Gasteiger partial charge >= 0.3 is 6.09 Å². The maximum Gasteiger partial charge on any atom is 0.407 e. The predicted molar refractivity (Wildman–Crippen MR) is 89.6 cm³/mol. The molecule has 1 aromatic rings. The molecule has 0 aliphatic rings. The average molecular weight is 353 g/mol. The summed E-state index contributed by atoms with van der Waals surface area (Å²) in [6, 6.07) is 2.01. The average Bonchev–Trinajstić information content (AvgIpc) is 2.65. The SMILES string of the molecule is CC(NCCCNC(=O)OC(C)(C)C)c1cc(Cl)sc1Cl. The highest BCUT2D eigenvalue weighted by Gasteiger charge is 2.15. The smallest absolute Gasteiger partial charge is 0.407 e. The van der Waals surface area contributed by atoms with Crippen molar-refractivity contribution < 1.29 is 9.53 Å². The van der Waals surface area contributed by atoms with E-state index in [0.717, 1.165) is 18.5 Å². The number of amides is 1. The lowest BCUT2D eigenvalue weighted by Crippen LogP contribution is -2.34. The zero-order valence-electron chi connectivity index (χ0n) is 12.8. The summed E-state index contributed by atoms with van der Waals surface area (Å²) in [7, 11) is 0. The van der Waals surface area contributed by atoms with Gasteiger partial charge in [-0.25, -0.2) is 4.79 Å². The zero-order valence-corrected chi connectivity index (χ0v) is 15.1. The normalized spacial score (nSPS) is 13.0. The number of alkyl carbamates (subject to hydrolysis) is 1. The molecule has 0 aromatic carbocycles. The van der Waals surface area contributed by atoms with Crippen molar-refractivity contribution in [2.24, 2.45) is 0 Å². The number of thiophene rings is 1. The lowest BCUT2D eigenvalue weighted by atomic mass is 10.2. The molecule has 1 unspecified atom stereocenters. The first kappa shape index (κ1) is 18.6. The monoisotopic (exact) mass is 352 g/mol. The maximum absolute atomic E-state index is 11.4. The summed E-state index contributed by atoms with van der Waals surface area (Å²) >= 11 is 13.4. The van der Waals surface area contributed by atoms with Crippen LogP contribution in [0.2, 0.25) is 8.67 Å². The van der Waals surface area contributed by atoms with Gasteiger partial charge in [0.2, 0.25) is 0 Å². The first-order valence-electron chi connectivity index (χ1n) is 6.84. The minimum atomic E-state index is -0.466. The first-order chi connectivity index (χ1) is 9.69. The van der Waals surface area contributed by atoms with Gasteiger partial charge in [-0.05, 0) is 52.3 Å². The molecule has 0 bridgehead atoms. The molecular weight excluding hydrogens is 331 g/mol. The third-order valence-corrected chi connectivity index (χ3v) is 4.14. The molecule has 0 aliphatic heterocycles. The van der Waals surface area contributed by atoms with Crippen LogP contribution >= 0.6 is 34.5 Å². The summed E-state index contributed by atoms with van der Waals surface area (Å²) in [5.74, 6) is 0. The van der Waals surface area contributed by atoms with Crippen molar-refractivity contribution in [3.8, 4) is 0 Å². The number of ether oxygens (including phenoxy) is 1. The van der Waals surface area contributed by atoms with E-state index in [1.54, 1.807) is 0 Å². The molecular formula is C14H22Cl2N2O2S. The molecule has 0 radical (unpaired) electrons. The Labute approximate surface area is 140 Å². The Morgan fingerprint density at radius 2 is 2.05 bits per heavy atom. The van der Waals surface area contributed by atoms with Gasteiger partial charge in [0.15, 0.2) is 0 Å². The molecule has 0 saturated heterocycles. The molecule has 2 N–H and O–H groups in total. The summed E-state index contributed by atoms with van der Waals surface area (Å²) in [6.45, 7) is 8.88. The number of carbonyl (C=O) groups is 1. The summed E-state index contributed by atoms with van der Waals surface area (Å²) in [5.41, 5.74) is 0.540. The van der Waals surface area contributed by atoms with Gasteiger partial charge in [0.05, 0.1) is 8.67 Å². The van der Waals surface area contributed by atoms with E-state index >= 15 is 0 Å². The van der Waals surface area contributed by atoms with Crippen LogP contribution in [0.25, 0.3) is 0 Å². The predicted octanol–water partition coefficient (Wildman–Crippen LogP) is 4.62. The fraction of sp³-hybridized carbons (Fsp3) is 0.643. The van der Waals surface area contributed by atoms with Gasteiger partial charge in [-0.1, -0.05) is 23.2 Å². The van der Waals surface area contributed by atoms with Crippen LogP contribution in [0.1, 0.15) is 45.7 Å². The number of halogens is 2. The van der Waals surface area contributed by atoms with E-state index < -0.39 is 5.60 Å². The maximum atomic E-state index is 11.4. The summed E-state index contributed by atoms with van der Waals surface area (Å²) < 4.78 is 6.56. The molecule has 0 spiro atoms. The highest BCUT2D eigenvalue weighted by atomic mass is 35.5. The summed E-state index contributed by atoms with van der Waals surface area (Å²) in [5, 5.41) is 6.07. The summed E-state index contributed by atoms with van der Waals surface area (Å²) in [4.78, 5) is 11.4. The Morgan fingerprint density at radius 3 is 2.57 bits per heavy atom. The molecule has 0 fully saturated rings. The van der Waals surface area contributed by atoms with Crippen molar-refractivity contribution in [2.45, 2.75) is 45.8 Å². The number of rotatable bonds is 6. The van der Waals surface area contributed by atoms with Crippen LogP contribution in [0.4, 0.5) is 4.79 Å². The Balaban J connectivity index is 2.20. The van der Waals surface area contributed by atoms with E-state index in [9.17, 15) is 4.79 Å². The topological polar surface area (TPSA) is 50.4 Å². The minimum absolute atomic E-state index is 0.128. The van der Waals surface area contributed by atoms with Crippen LogP contribution in [0.15, 0.2) is 6.07 Å². The molecule has 4 nitrogen and oxygen atoms in total. The molecule has 21 heavy (non-hydrogen) atoms. The standard InChI is InChI=1S/C14H22Cl2N2O2S/c1-9(10-8-11(15)21-12(10)16)17-6-5-7-18-13(19)20-14(2,3)4/h8-9,17H,5-7H2,1-4H3,(H,18,19). The van der Waals surface area contributed by atoms with Crippen LogP contribution in [0.5, 0.6) is 0 Å². The first-order valence-corrected chi connectivity index (χ1v) is 8.41. The van der Waals surface area contributed by atoms with Crippen LogP contribution in [0, 0.1) is 0 Å². The highest BCUT2D eigenvalue weighted by Crippen LogP contribution is 2.34. The van der Waals surface area contributed by atoms with Crippen molar-refractivity contribution in [1.82, 2.24) is 10.6 Å². The lowest BCUT2D eigenvalue weighted by Gasteiger charge is -2.19. The van der Waals surface area contributed by atoms with E-state index in [2.05, 4.69) is 10.6 Å². The van der Waals surface area contributed by atoms with Crippen LogP contribution in [-0.2, 0) is 4.74 Å². The number of carbonyl (C=O) groups excluding carboxylic acids is 1. The Kier molecular flexibility index (Phi) is 7.27. The highest BCUT2D eigenvalue weighted by molar-refractivity contribution is 7.20. The Morgan fingerprint density at radius 1 is 1.38 bits per heavy atom. The molecule has 1 atom stereocenters. The third kappa shape index (κ3) is 7.36. The molecule has 120 valence electrons.